The lowest BCUT2D eigenvalue weighted by Gasteiger charge is -2.31. The van der Waals surface area contributed by atoms with Crippen molar-refractivity contribution in [2.45, 2.75) is 25.2 Å². The van der Waals surface area contributed by atoms with Gasteiger partial charge in [0.15, 0.2) is 5.89 Å². The maximum absolute atomic E-state index is 13.3. The molecule has 0 spiro atoms. The fourth-order valence-electron chi connectivity index (χ4n) is 3.48. The number of carbonyl (C=O) groups is 1. The van der Waals surface area contributed by atoms with Crippen molar-refractivity contribution in [3.8, 4) is 0 Å². The summed E-state index contributed by atoms with van der Waals surface area (Å²) in [5.41, 5.74) is 1.49. The van der Waals surface area contributed by atoms with Gasteiger partial charge >= 0.3 is 0 Å². The predicted octanol–water partition coefficient (Wildman–Crippen LogP) is 3.82. The Morgan fingerprint density at radius 1 is 1.26 bits per heavy atom. The van der Waals surface area contributed by atoms with Gasteiger partial charge in [-0.3, -0.25) is 9.78 Å². The van der Waals surface area contributed by atoms with Gasteiger partial charge in [0.1, 0.15) is 11.6 Å². The van der Waals surface area contributed by atoms with Crippen LogP contribution in [0.25, 0.3) is 0 Å². The molecule has 4 rings (SSSR count). The van der Waals surface area contributed by atoms with E-state index in [4.69, 9.17) is 4.42 Å². The summed E-state index contributed by atoms with van der Waals surface area (Å²) in [5.74, 6) is 1.17. The van der Waals surface area contributed by atoms with E-state index in [1.807, 2.05) is 11.0 Å². The number of halogens is 1. The van der Waals surface area contributed by atoms with Crippen molar-refractivity contribution in [2.75, 3.05) is 13.1 Å². The van der Waals surface area contributed by atoms with Gasteiger partial charge in [0.05, 0.1) is 12.1 Å². The molecule has 3 heterocycles. The maximum atomic E-state index is 13.3. The van der Waals surface area contributed by atoms with Crippen LogP contribution in [0.5, 0.6) is 0 Å². The van der Waals surface area contributed by atoms with Crippen molar-refractivity contribution in [1.29, 1.82) is 0 Å². The van der Waals surface area contributed by atoms with E-state index < -0.39 is 0 Å². The molecule has 0 saturated carbocycles. The molecule has 5 nitrogen and oxygen atoms in total. The molecule has 1 aliphatic heterocycles. The number of amides is 1. The van der Waals surface area contributed by atoms with Crippen LogP contribution in [0.1, 0.15) is 46.3 Å². The molecule has 1 atom stereocenters. The molecule has 27 heavy (non-hydrogen) atoms. The smallest absolute Gasteiger partial charge is 0.253 e. The van der Waals surface area contributed by atoms with Gasteiger partial charge in [-0.2, -0.15) is 0 Å². The summed E-state index contributed by atoms with van der Waals surface area (Å²) in [4.78, 5) is 22.9. The maximum Gasteiger partial charge on any atom is 0.253 e. The number of benzene rings is 1. The van der Waals surface area contributed by atoms with Crippen LogP contribution in [0.2, 0.25) is 0 Å². The summed E-state index contributed by atoms with van der Waals surface area (Å²) in [6.45, 7) is 1.32. The zero-order valence-corrected chi connectivity index (χ0v) is 14.8. The van der Waals surface area contributed by atoms with Gasteiger partial charge in [0.25, 0.3) is 5.91 Å². The Labute approximate surface area is 156 Å². The SMILES string of the molecule is O=C(c1ccncc1)N1CCCC(c2ncc(Cc3cccc(F)c3)o2)C1. The summed E-state index contributed by atoms with van der Waals surface area (Å²) in [7, 11) is 0. The van der Waals surface area contributed by atoms with Gasteiger partial charge in [-0.15, -0.1) is 0 Å². The second kappa shape index (κ2) is 7.70. The third kappa shape index (κ3) is 4.05. The molecule has 1 aromatic carbocycles. The van der Waals surface area contributed by atoms with Gasteiger partial charge in [-0.25, -0.2) is 9.37 Å². The minimum Gasteiger partial charge on any atom is -0.445 e. The molecule has 3 aromatic rings. The van der Waals surface area contributed by atoms with Crippen molar-refractivity contribution in [3.63, 3.8) is 0 Å². The summed E-state index contributed by atoms with van der Waals surface area (Å²) in [5, 5.41) is 0. The van der Waals surface area contributed by atoms with Crippen LogP contribution in [0.15, 0.2) is 59.4 Å². The number of likely N-dealkylation sites (tertiary alicyclic amines) is 1. The molecule has 6 heteroatoms. The van der Waals surface area contributed by atoms with Crippen LogP contribution in [-0.4, -0.2) is 33.9 Å². The summed E-state index contributed by atoms with van der Waals surface area (Å²) >= 11 is 0. The fraction of sp³-hybridized carbons (Fsp3) is 0.286. The molecule has 0 bridgehead atoms. The van der Waals surface area contributed by atoms with Crippen molar-refractivity contribution < 1.29 is 13.6 Å². The minimum atomic E-state index is -0.259. The van der Waals surface area contributed by atoms with Crippen LogP contribution in [0, 0.1) is 5.82 Å². The number of rotatable bonds is 4. The summed E-state index contributed by atoms with van der Waals surface area (Å²) in [6.07, 6.45) is 7.28. The van der Waals surface area contributed by atoms with E-state index in [1.54, 1.807) is 36.8 Å². The highest BCUT2D eigenvalue weighted by Gasteiger charge is 2.28. The van der Waals surface area contributed by atoms with Gasteiger partial charge in [-0.1, -0.05) is 12.1 Å². The number of nitrogens with zero attached hydrogens (tertiary/aromatic N) is 3. The number of piperidine rings is 1. The second-order valence-electron chi connectivity index (χ2n) is 6.80. The number of hydrogen-bond donors (Lipinski definition) is 0. The number of hydrogen-bond acceptors (Lipinski definition) is 4. The Balaban J connectivity index is 1.44. The first-order valence-electron chi connectivity index (χ1n) is 9.07. The van der Waals surface area contributed by atoms with E-state index in [-0.39, 0.29) is 17.6 Å². The molecular weight excluding hydrogens is 345 g/mol. The first-order chi connectivity index (χ1) is 13.2. The zero-order chi connectivity index (χ0) is 18.6. The largest absolute Gasteiger partial charge is 0.445 e. The third-order valence-corrected chi connectivity index (χ3v) is 4.82. The zero-order valence-electron chi connectivity index (χ0n) is 14.8. The monoisotopic (exact) mass is 365 g/mol. The van der Waals surface area contributed by atoms with E-state index in [0.29, 0.717) is 30.2 Å². The van der Waals surface area contributed by atoms with Crippen LogP contribution < -0.4 is 0 Å². The molecule has 1 unspecified atom stereocenters. The Kier molecular flexibility index (Phi) is 4.96. The Morgan fingerprint density at radius 2 is 2.11 bits per heavy atom. The van der Waals surface area contributed by atoms with E-state index in [0.717, 1.165) is 24.9 Å². The average molecular weight is 365 g/mol. The standard InChI is InChI=1S/C21H20FN3O2/c22-18-5-1-3-15(11-18)12-19-13-24-20(27-19)17-4-2-10-25(14-17)21(26)16-6-8-23-9-7-16/h1,3,5-9,11,13,17H,2,4,10,12,14H2. The van der Waals surface area contributed by atoms with Gasteiger partial charge in [0.2, 0.25) is 0 Å². The lowest BCUT2D eigenvalue weighted by molar-refractivity contribution is 0.0698. The number of carbonyl (C=O) groups excluding carboxylic acids is 1. The average Bonchev–Trinajstić information content (AvgIpc) is 3.17. The number of pyridine rings is 1. The molecule has 1 saturated heterocycles. The van der Waals surface area contributed by atoms with E-state index in [9.17, 15) is 9.18 Å². The lowest BCUT2D eigenvalue weighted by atomic mass is 9.97. The second-order valence-corrected chi connectivity index (χ2v) is 6.80. The Morgan fingerprint density at radius 3 is 2.93 bits per heavy atom. The van der Waals surface area contributed by atoms with E-state index >= 15 is 0 Å². The van der Waals surface area contributed by atoms with Crippen LogP contribution in [0.4, 0.5) is 4.39 Å². The lowest BCUT2D eigenvalue weighted by Crippen LogP contribution is -2.39. The molecular formula is C21H20FN3O2. The van der Waals surface area contributed by atoms with E-state index in [2.05, 4.69) is 9.97 Å². The van der Waals surface area contributed by atoms with Crippen LogP contribution >= 0.6 is 0 Å². The molecule has 1 aliphatic rings. The Bertz CT molecular complexity index is 926. The van der Waals surface area contributed by atoms with Crippen molar-refractivity contribution in [1.82, 2.24) is 14.9 Å². The highest BCUT2D eigenvalue weighted by Crippen LogP contribution is 2.28. The van der Waals surface area contributed by atoms with Gasteiger partial charge in [0, 0.05) is 37.5 Å². The molecule has 138 valence electrons. The molecule has 0 radical (unpaired) electrons. The molecule has 0 N–H and O–H groups in total. The third-order valence-electron chi connectivity index (χ3n) is 4.82. The highest BCUT2D eigenvalue weighted by atomic mass is 19.1. The Hall–Kier alpha value is -3.02. The quantitative estimate of drug-likeness (QED) is 0.705. The normalized spacial score (nSPS) is 17.1. The number of oxazole rings is 1. The molecule has 1 amide bonds. The highest BCUT2D eigenvalue weighted by molar-refractivity contribution is 5.94. The summed E-state index contributed by atoms with van der Waals surface area (Å²) < 4.78 is 19.3. The van der Waals surface area contributed by atoms with Crippen LogP contribution in [0.3, 0.4) is 0 Å². The summed E-state index contributed by atoms with van der Waals surface area (Å²) in [6, 6.07) is 9.93. The van der Waals surface area contributed by atoms with Gasteiger partial charge < -0.3 is 9.32 Å². The van der Waals surface area contributed by atoms with Crippen LogP contribution in [-0.2, 0) is 6.42 Å². The minimum absolute atomic E-state index is 0.00800. The van der Waals surface area contributed by atoms with Crippen molar-refractivity contribution >= 4 is 5.91 Å². The molecule has 1 fully saturated rings. The van der Waals surface area contributed by atoms with Crippen molar-refractivity contribution in [2.24, 2.45) is 0 Å². The fourth-order valence-corrected chi connectivity index (χ4v) is 3.48. The van der Waals surface area contributed by atoms with Crippen molar-refractivity contribution in [3.05, 3.63) is 83.6 Å². The first-order valence-corrected chi connectivity index (χ1v) is 9.07. The topological polar surface area (TPSA) is 59.2 Å². The molecule has 2 aromatic heterocycles. The number of aromatic nitrogens is 2. The van der Waals surface area contributed by atoms with E-state index in [1.165, 1.54) is 12.1 Å². The predicted molar refractivity (Wildman–Crippen MR) is 97.8 cm³/mol. The molecule has 0 aliphatic carbocycles. The van der Waals surface area contributed by atoms with Gasteiger partial charge in [-0.05, 0) is 42.7 Å². The first kappa shape index (κ1) is 17.4.